The maximum absolute atomic E-state index is 2.50. The summed E-state index contributed by atoms with van der Waals surface area (Å²) >= 11 is 0. The van der Waals surface area contributed by atoms with Crippen LogP contribution in [0.2, 0.25) is 10.6 Å². The Morgan fingerprint density at radius 1 is 1.44 bits per heavy atom. The van der Waals surface area contributed by atoms with Gasteiger partial charge in [0.25, 0.3) is 0 Å². The van der Waals surface area contributed by atoms with Crippen molar-refractivity contribution in [1.82, 2.24) is 0 Å². The van der Waals surface area contributed by atoms with Crippen LogP contribution in [0.3, 0.4) is 0 Å². The summed E-state index contributed by atoms with van der Waals surface area (Å²) in [4.78, 5) is 0. The van der Waals surface area contributed by atoms with Gasteiger partial charge in [-0.1, -0.05) is 61.4 Å². The van der Waals surface area contributed by atoms with Gasteiger partial charge in [-0.2, -0.15) is 0 Å². The molecule has 2 rings (SSSR count). The molecule has 86 valence electrons. The van der Waals surface area contributed by atoms with Gasteiger partial charge in [-0.3, -0.25) is 0 Å². The molecule has 0 radical (unpaired) electrons. The van der Waals surface area contributed by atoms with Gasteiger partial charge in [0.05, 0.1) is 0 Å². The lowest BCUT2D eigenvalue weighted by molar-refractivity contribution is 0.596. The molecule has 16 heavy (non-hydrogen) atoms. The first-order valence-corrected chi connectivity index (χ1v) is 7.97. The minimum Gasteiger partial charge on any atom is -0.0840 e. The molecule has 0 nitrogen and oxygen atoms in total. The summed E-state index contributed by atoms with van der Waals surface area (Å²) in [5.41, 5.74) is 2.25. The van der Waals surface area contributed by atoms with E-state index in [0.717, 1.165) is 5.54 Å². The topological polar surface area (TPSA) is 0 Å². The SMILES string of the molecule is CCCC1([SiH2]C2C=CC(C)=C2)C=CC=CC1. The first-order valence-electron chi connectivity index (χ1n) is 6.45. The lowest BCUT2D eigenvalue weighted by Crippen LogP contribution is -2.21. The molecule has 1 heteroatoms. The van der Waals surface area contributed by atoms with E-state index >= 15 is 0 Å². The molecule has 0 amide bonds. The van der Waals surface area contributed by atoms with Crippen molar-refractivity contribution in [2.75, 3.05) is 0 Å². The van der Waals surface area contributed by atoms with E-state index in [1.54, 1.807) is 0 Å². The Hall–Kier alpha value is -0.823. The molecule has 0 aromatic heterocycles. The fourth-order valence-corrected chi connectivity index (χ4v) is 5.83. The van der Waals surface area contributed by atoms with Crippen LogP contribution in [0.4, 0.5) is 0 Å². The highest BCUT2D eigenvalue weighted by atomic mass is 28.2. The van der Waals surface area contributed by atoms with Gasteiger partial charge >= 0.3 is 0 Å². The van der Waals surface area contributed by atoms with Crippen LogP contribution in [0.25, 0.3) is 0 Å². The Balaban J connectivity index is 2.06. The van der Waals surface area contributed by atoms with Gasteiger partial charge in [-0.25, -0.2) is 0 Å². The largest absolute Gasteiger partial charge is 0.0840 e. The second-order valence-electron chi connectivity index (χ2n) is 5.24. The zero-order valence-electron chi connectivity index (χ0n) is 10.4. The van der Waals surface area contributed by atoms with Gasteiger partial charge in [-0.15, -0.1) is 0 Å². The van der Waals surface area contributed by atoms with E-state index in [0.29, 0.717) is 5.04 Å². The third-order valence-electron chi connectivity index (χ3n) is 3.69. The van der Waals surface area contributed by atoms with Crippen LogP contribution in [-0.2, 0) is 0 Å². The molecule has 2 atom stereocenters. The fraction of sp³-hybridized carbons (Fsp3) is 0.467. The summed E-state index contributed by atoms with van der Waals surface area (Å²) in [6.45, 7) is 4.53. The Morgan fingerprint density at radius 2 is 2.31 bits per heavy atom. The van der Waals surface area contributed by atoms with Crippen LogP contribution in [-0.4, -0.2) is 9.52 Å². The average molecular weight is 230 g/mol. The molecule has 0 aromatic carbocycles. The summed E-state index contributed by atoms with van der Waals surface area (Å²) in [7, 11) is -0.109. The summed E-state index contributed by atoms with van der Waals surface area (Å²) in [6.07, 6.45) is 20.5. The standard InChI is InChI=1S/C15H22Si/c1-3-9-15(10-5-4-6-11-15)16-14-8-7-13(2)12-14/h4-8,10,12,14H,3,9,11,16H2,1-2H3. The Bertz CT molecular complexity index is 360. The van der Waals surface area contributed by atoms with E-state index in [2.05, 4.69) is 56.4 Å². The van der Waals surface area contributed by atoms with Gasteiger partial charge in [0.15, 0.2) is 0 Å². The maximum atomic E-state index is 2.50. The molecule has 0 saturated heterocycles. The average Bonchev–Trinajstić information content (AvgIpc) is 2.65. The number of hydrogen-bond acceptors (Lipinski definition) is 0. The highest BCUT2D eigenvalue weighted by molar-refractivity contribution is 6.44. The minimum atomic E-state index is -0.109. The summed E-state index contributed by atoms with van der Waals surface area (Å²) in [6, 6.07) is 0. The third-order valence-corrected chi connectivity index (χ3v) is 6.37. The Kier molecular flexibility index (Phi) is 3.65. The second-order valence-corrected chi connectivity index (χ2v) is 8.00. The van der Waals surface area contributed by atoms with Gasteiger partial charge in [0, 0.05) is 9.52 Å². The number of rotatable bonds is 4. The van der Waals surface area contributed by atoms with Gasteiger partial charge in [0.1, 0.15) is 0 Å². The quantitative estimate of drug-likeness (QED) is 0.642. The second kappa shape index (κ2) is 5.01. The molecule has 0 aliphatic heterocycles. The molecular weight excluding hydrogens is 208 g/mol. The van der Waals surface area contributed by atoms with Crippen LogP contribution >= 0.6 is 0 Å². The molecule has 0 fully saturated rings. The van der Waals surface area contributed by atoms with Gasteiger partial charge < -0.3 is 0 Å². The lowest BCUT2D eigenvalue weighted by Gasteiger charge is -2.32. The van der Waals surface area contributed by atoms with Crippen molar-refractivity contribution in [3.05, 3.63) is 48.1 Å². The van der Waals surface area contributed by atoms with Crippen molar-refractivity contribution in [1.29, 1.82) is 0 Å². The van der Waals surface area contributed by atoms with E-state index in [9.17, 15) is 0 Å². The number of hydrogen-bond donors (Lipinski definition) is 0. The van der Waals surface area contributed by atoms with Crippen LogP contribution in [0.1, 0.15) is 33.1 Å². The van der Waals surface area contributed by atoms with Crippen LogP contribution < -0.4 is 0 Å². The monoisotopic (exact) mass is 230 g/mol. The summed E-state index contributed by atoms with van der Waals surface area (Å²) in [5, 5.41) is 0.555. The smallest absolute Gasteiger partial charge is 0.0447 e. The fourth-order valence-electron chi connectivity index (χ4n) is 2.97. The van der Waals surface area contributed by atoms with Crippen molar-refractivity contribution in [3.63, 3.8) is 0 Å². The number of allylic oxidation sites excluding steroid dienone is 8. The Morgan fingerprint density at radius 3 is 2.88 bits per heavy atom. The normalized spacial score (nSPS) is 32.9. The molecule has 0 heterocycles. The maximum Gasteiger partial charge on any atom is 0.0447 e. The predicted molar refractivity (Wildman–Crippen MR) is 75.7 cm³/mol. The molecule has 0 bridgehead atoms. The molecule has 0 N–H and O–H groups in total. The molecule has 0 aromatic rings. The molecular formula is C15H22Si. The van der Waals surface area contributed by atoms with Crippen LogP contribution in [0, 0.1) is 0 Å². The van der Waals surface area contributed by atoms with E-state index in [1.807, 2.05) is 0 Å². The third kappa shape index (κ3) is 2.65. The van der Waals surface area contributed by atoms with E-state index in [1.165, 1.54) is 24.8 Å². The summed E-state index contributed by atoms with van der Waals surface area (Å²) in [5.74, 6) is 0. The van der Waals surface area contributed by atoms with E-state index in [-0.39, 0.29) is 9.52 Å². The zero-order valence-corrected chi connectivity index (χ0v) is 11.9. The minimum absolute atomic E-state index is 0.109. The highest BCUT2D eigenvalue weighted by Crippen LogP contribution is 2.43. The first-order chi connectivity index (χ1) is 7.74. The Labute approximate surface area is 102 Å². The van der Waals surface area contributed by atoms with Crippen molar-refractivity contribution in [2.24, 2.45) is 0 Å². The first kappa shape index (κ1) is 11.7. The van der Waals surface area contributed by atoms with Crippen LogP contribution in [0.15, 0.2) is 48.1 Å². The highest BCUT2D eigenvalue weighted by Gasteiger charge is 2.29. The van der Waals surface area contributed by atoms with Gasteiger partial charge in [-0.05, 0) is 30.3 Å². The molecule has 2 unspecified atom stereocenters. The van der Waals surface area contributed by atoms with Crippen molar-refractivity contribution >= 4 is 9.52 Å². The zero-order chi connectivity index (χ0) is 11.4. The molecule has 2 aliphatic rings. The van der Waals surface area contributed by atoms with Crippen molar-refractivity contribution < 1.29 is 0 Å². The van der Waals surface area contributed by atoms with Crippen molar-refractivity contribution in [3.8, 4) is 0 Å². The molecule has 0 saturated carbocycles. The molecule has 2 aliphatic carbocycles. The van der Waals surface area contributed by atoms with Gasteiger partial charge in [0.2, 0.25) is 0 Å². The predicted octanol–water partition coefficient (Wildman–Crippen LogP) is 3.93. The van der Waals surface area contributed by atoms with E-state index < -0.39 is 0 Å². The molecule has 0 spiro atoms. The van der Waals surface area contributed by atoms with Crippen LogP contribution in [0.5, 0.6) is 0 Å². The summed E-state index contributed by atoms with van der Waals surface area (Å²) < 4.78 is 0. The van der Waals surface area contributed by atoms with Crippen molar-refractivity contribution in [2.45, 2.75) is 43.7 Å². The lowest BCUT2D eigenvalue weighted by atomic mass is 9.94. The van der Waals surface area contributed by atoms with E-state index in [4.69, 9.17) is 0 Å².